The summed E-state index contributed by atoms with van der Waals surface area (Å²) in [6, 6.07) is 1.65. The number of hydrogen-bond donors (Lipinski definition) is 5. The first-order valence-electron chi connectivity index (χ1n) is 7.20. The number of aromatic nitrogens is 3. The molecule has 0 unspecified atom stereocenters. The van der Waals surface area contributed by atoms with Crippen LogP contribution in [0.5, 0.6) is 0 Å². The van der Waals surface area contributed by atoms with E-state index in [4.69, 9.17) is 30.0 Å². The fourth-order valence-electron chi connectivity index (χ4n) is 2.70. The lowest BCUT2D eigenvalue weighted by Gasteiger charge is -2.19. The number of nitrogen functional groups attached to an aromatic ring is 1. The third-order valence-electron chi connectivity index (χ3n) is 3.71. The summed E-state index contributed by atoms with van der Waals surface area (Å²) in [7, 11) is -9.66. The Morgan fingerprint density at radius 3 is 2.65 bits per heavy atom. The Bertz CT molecular complexity index is 893. The van der Waals surface area contributed by atoms with Crippen molar-refractivity contribution >= 4 is 32.5 Å². The number of rotatable bonds is 6. The Kier molecular flexibility index (Phi) is 5.19. The van der Waals surface area contributed by atoms with Crippen molar-refractivity contribution in [3.8, 4) is 0 Å². The van der Waals surface area contributed by atoms with Crippen molar-refractivity contribution in [3.63, 3.8) is 0 Å². The van der Waals surface area contributed by atoms with Gasteiger partial charge in [0.15, 0.2) is 0 Å². The lowest BCUT2D eigenvalue weighted by molar-refractivity contribution is -0.0416. The van der Waals surface area contributed by atoms with Crippen LogP contribution in [0.4, 0.5) is 5.82 Å². The van der Waals surface area contributed by atoms with Crippen LogP contribution in [0.15, 0.2) is 18.6 Å². The van der Waals surface area contributed by atoms with Gasteiger partial charge < -0.3 is 34.6 Å². The van der Waals surface area contributed by atoms with E-state index in [0.717, 1.165) is 0 Å². The molecule has 0 bridgehead atoms. The SMILES string of the molecule is Nc1ncnc2c1ccn2[C@H]1C[C@H](OP(=O)(O)O)[C@@H](COP(=O)(O)O)O1. The van der Waals surface area contributed by atoms with E-state index in [9.17, 15) is 9.13 Å². The van der Waals surface area contributed by atoms with E-state index in [1.807, 2.05) is 0 Å². The smallest absolute Gasteiger partial charge is 0.383 e. The molecule has 0 aromatic carbocycles. The third kappa shape index (κ3) is 4.46. The summed E-state index contributed by atoms with van der Waals surface area (Å²) in [4.78, 5) is 43.7. The van der Waals surface area contributed by atoms with Gasteiger partial charge in [0.1, 0.15) is 36.2 Å². The Balaban J connectivity index is 1.85. The summed E-state index contributed by atoms with van der Waals surface area (Å²) in [5, 5.41) is 0.554. The number of phosphoric ester groups is 2. The third-order valence-corrected chi connectivity index (χ3v) is 4.74. The zero-order chi connectivity index (χ0) is 19.1. The van der Waals surface area contributed by atoms with Crippen LogP contribution in [-0.2, 0) is 22.9 Å². The van der Waals surface area contributed by atoms with Crippen molar-refractivity contribution in [2.45, 2.75) is 24.9 Å². The van der Waals surface area contributed by atoms with E-state index in [1.54, 1.807) is 16.8 Å². The van der Waals surface area contributed by atoms with Crippen molar-refractivity contribution in [2.24, 2.45) is 0 Å². The van der Waals surface area contributed by atoms with E-state index in [-0.39, 0.29) is 12.2 Å². The van der Waals surface area contributed by atoms with Gasteiger partial charge in [-0.2, -0.15) is 0 Å². The van der Waals surface area contributed by atoms with Crippen LogP contribution in [0, 0.1) is 0 Å². The second-order valence-electron chi connectivity index (χ2n) is 5.50. The quantitative estimate of drug-likeness (QED) is 0.396. The van der Waals surface area contributed by atoms with Crippen LogP contribution in [0.3, 0.4) is 0 Å². The molecule has 3 heterocycles. The predicted octanol–water partition coefficient (Wildman–Crippen LogP) is -0.112. The van der Waals surface area contributed by atoms with Crippen LogP contribution in [-0.4, -0.2) is 52.9 Å². The molecule has 1 aliphatic rings. The average molecular weight is 410 g/mol. The molecule has 0 amide bonds. The fraction of sp³-hybridized carbons (Fsp3) is 0.455. The number of ether oxygens (including phenoxy) is 1. The van der Waals surface area contributed by atoms with Gasteiger partial charge in [0.25, 0.3) is 0 Å². The Labute approximate surface area is 146 Å². The van der Waals surface area contributed by atoms with Gasteiger partial charge in [0, 0.05) is 12.6 Å². The molecule has 0 aliphatic carbocycles. The number of nitrogens with zero attached hydrogens (tertiary/aromatic N) is 3. The zero-order valence-corrected chi connectivity index (χ0v) is 14.8. The summed E-state index contributed by atoms with van der Waals surface area (Å²) in [5.74, 6) is 0.246. The van der Waals surface area contributed by atoms with Gasteiger partial charge in [-0.15, -0.1) is 0 Å². The van der Waals surface area contributed by atoms with Crippen molar-refractivity contribution in [3.05, 3.63) is 18.6 Å². The molecule has 2 aromatic heterocycles. The molecular weight excluding hydrogens is 394 g/mol. The first-order chi connectivity index (χ1) is 12.0. The highest BCUT2D eigenvalue weighted by atomic mass is 31.2. The predicted molar refractivity (Wildman–Crippen MR) is 85.4 cm³/mol. The van der Waals surface area contributed by atoms with Gasteiger partial charge in [-0.05, 0) is 6.07 Å². The fourth-order valence-corrected chi connectivity index (χ4v) is 3.62. The number of anilines is 1. The summed E-state index contributed by atoms with van der Waals surface area (Å²) >= 11 is 0. The molecule has 2 aromatic rings. The summed E-state index contributed by atoms with van der Waals surface area (Å²) in [6.45, 7) is -0.623. The molecule has 144 valence electrons. The van der Waals surface area contributed by atoms with E-state index in [0.29, 0.717) is 11.0 Å². The monoisotopic (exact) mass is 410 g/mol. The van der Waals surface area contributed by atoms with Gasteiger partial charge in [0.05, 0.1) is 12.0 Å². The molecular formula is C11H16N4O9P2. The van der Waals surface area contributed by atoms with Crippen molar-refractivity contribution in [1.29, 1.82) is 0 Å². The summed E-state index contributed by atoms with van der Waals surface area (Å²) in [5.41, 5.74) is 6.19. The minimum absolute atomic E-state index is 0.0199. The van der Waals surface area contributed by atoms with Crippen LogP contribution in [0.2, 0.25) is 0 Å². The highest BCUT2D eigenvalue weighted by Gasteiger charge is 2.42. The number of phosphoric acid groups is 2. The van der Waals surface area contributed by atoms with E-state index in [2.05, 4.69) is 19.0 Å². The maximum Gasteiger partial charge on any atom is 0.469 e. The lowest BCUT2D eigenvalue weighted by atomic mass is 10.2. The van der Waals surface area contributed by atoms with Crippen LogP contribution in [0.1, 0.15) is 12.6 Å². The average Bonchev–Trinajstić information content (AvgIpc) is 3.07. The molecule has 0 spiro atoms. The van der Waals surface area contributed by atoms with Crippen molar-refractivity contribution in [2.75, 3.05) is 12.3 Å². The van der Waals surface area contributed by atoms with Crippen molar-refractivity contribution < 1.29 is 42.5 Å². The highest BCUT2D eigenvalue weighted by molar-refractivity contribution is 7.46. The topological polar surface area (TPSA) is 199 Å². The van der Waals surface area contributed by atoms with E-state index in [1.165, 1.54) is 6.33 Å². The molecule has 26 heavy (non-hydrogen) atoms. The maximum absolute atomic E-state index is 11.2. The van der Waals surface area contributed by atoms with Gasteiger partial charge in [0.2, 0.25) is 0 Å². The summed E-state index contributed by atoms with van der Waals surface area (Å²) < 4.78 is 38.3. The molecule has 13 nitrogen and oxygen atoms in total. The molecule has 15 heteroatoms. The zero-order valence-electron chi connectivity index (χ0n) is 13.0. The molecule has 3 atom stereocenters. The van der Waals surface area contributed by atoms with E-state index >= 15 is 0 Å². The maximum atomic E-state index is 11.2. The first-order valence-corrected chi connectivity index (χ1v) is 10.3. The molecule has 0 radical (unpaired) electrons. The van der Waals surface area contributed by atoms with Crippen molar-refractivity contribution in [1.82, 2.24) is 14.5 Å². The van der Waals surface area contributed by atoms with Gasteiger partial charge in [-0.3, -0.25) is 9.05 Å². The molecule has 6 N–H and O–H groups in total. The minimum atomic E-state index is -4.86. The van der Waals surface area contributed by atoms with Gasteiger partial charge in [-0.1, -0.05) is 0 Å². The largest absolute Gasteiger partial charge is 0.469 e. The Morgan fingerprint density at radius 1 is 1.27 bits per heavy atom. The number of nitrogens with two attached hydrogens (primary N) is 1. The van der Waals surface area contributed by atoms with Gasteiger partial charge >= 0.3 is 15.6 Å². The lowest BCUT2D eigenvalue weighted by Crippen LogP contribution is -2.28. The number of fused-ring (bicyclic) bond motifs is 1. The molecule has 1 aliphatic heterocycles. The Morgan fingerprint density at radius 2 is 2.00 bits per heavy atom. The normalized spacial score (nSPS) is 24.4. The van der Waals surface area contributed by atoms with Crippen LogP contribution in [0.25, 0.3) is 11.0 Å². The van der Waals surface area contributed by atoms with E-state index < -0.39 is 40.7 Å². The van der Waals surface area contributed by atoms with Gasteiger partial charge in [-0.25, -0.2) is 19.1 Å². The summed E-state index contributed by atoms with van der Waals surface area (Å²) in [6.07, 6.45) is -0.236. The molecule has 1 fully saturated rings. The number of hydrogen-bond acceptors (Lipinski definition) is 8. The standard InChI is InChI=1S/C11H16N4O9P2/c12-10-6-1-2-15(11(6)14-5-13-10)9-3-7(24-26(19,20)21)8(23-9)4-22-25(16,17)18/h1-2,5,7-9H,3-4H2,(H2,12,13,14)(H2,16,17,18)(H2,19,20,21)/t7-,8+,9+/m0/s1. The second-order valence-corrected chi connectivity index (χ2v) is 7.94. The van der Waals surface area contributed by atoms with Crippen LogP contribution < -0.4 is 5.73 Å². The Hall–Kier alpha value is -1.40. The first kappa shape index (κ1) is 19.4. The molecule has 1 saturated heterocycles. The molecule has 0 saturated carbocycles. The minimum Gasteiger partial charge on any atom is -0.383 e. The van der Waals surface area contributed by atoms with Crippen LogP contribution >= 0.6 is 15.6 Å². The molecule has 3 rings (SSSR count). The second kappa shape index (κ2) is 6.97. The highest BCUT2D eigenvalue weighted by Crippen LogP contribution is 2.45.